The van der Waals surface area contributed by atoms with Crippen molar-refractivity contribution in [2.75, 3.05) is 34.0 Å². The van der Waals surface area contributed by atoms with Crippen LogP contribution in [0.4, 0.5) is 0 Å². The number of hydrogen-bond acceptors (Lipinski definition) is 7. The number of nitrogens with zero attached hydrogens (tertiary/aromatic N) is 2. The summed E-state index contributed by atoms with van der Waals surface area (Å²) >= 11 is 0. The third-order valence-corrected chi connectivity index (χ3v) is 5.77. The minimum absolute atomic E-state index is 0.0345. The van der Waals surface area contributed by atoms with Crippen LogP contribution in [0.2, 0.25) is 0 Å². The average molecular weight is 468 g/mol. The van der Waals surface area contributed by atoms with Crippen LogP contribution in [-0.2, 0) is 9.47 Å². The molecular formula is C25H29N3O6. The Morgan fingerprint density at radius 1 is 1.06 bits per heavy atom. The molecule has 1 aliphatic heterocycles. The Morgan fingerprint density at radius 2 is 1.76 bits per heavy atom. The predicted molar refractivity (Wildman–Crippen MR) is 125 cm³/mol. The molecule has 0 bridgehead atoms. The van der Waals surface area contributed by atoms with Crippen LogP contribution < -0.4 is 9.47 Å². The number of H-pyrrole nitrogens is 1. The number of amides is 1. The number of phenolic OH excluding ortho intramolecular Hbond substituents is 1. The molecular weight excluding hydrogens is 438 g/mol. The quantitative estimate of drug-likeness (QED) is 0.438. The summed E-state index contributed by atoms with van der Waals surface area (Å²) < 4.78 is 21.9. The Morgan fingerprint density at radius 3 is 2.41 bits per heavy atom. The Labute approximate surface area is 198 Å². The van der Waals surface area contributed by atoms with Gasteiger partial charge in [0.15, 0.2) is 17.8 Å². The molecule has 1 aliphatic rings. The van der Waals surface area contributed by atoms with Crippen molar-refractivity contribution in [2.24, 2.45) is 0 Å². The standard InChI is InChI=1S/C25H29N3O6/c1-5-33-17-10-7-15(8-11-17)22-21-23(27-26-22)25(30)28(14-20(31-3)32-4)24(21)16-9-12-18(29)19(13-16)34-6-2/h7-13,20,24,29H,5-6,14H2,1-4H3,(H,26,27). The largest absolute Gasteiger partial charge is 0.504 e. The Kier molecular flexibility index (Phi) is 7.04. The predicted octanol–water partition coefficient (Wildman–Crippen LogP) is 3.74. The first kappa shape index (κ1) is 23.6. The first-order valence-electron chi connectivity index (χ1n) is 11.2. The van der Waals surface area contributed by atoms with E-state index in [0.29, 0.717) is 30.4 Å². The third-order valence-electron chi connectivity index (χ3n) is 5.77. The fourth-order valence-electron chi connectivity index (χ4n) is 4.21. The van der Waals surface area contributed by atoms with Crippen molar-refractivity contribution in [1.82, 2.24) is 15.1 Å². The maximum atomic E-state index is 13.5. The highest BCUT2D eigenvalue weighted by atomic mass is 16.7. The molecule has 0 saturated heterocycles. The molecule has 9 nitrogen and oxygen atoms in total. The van der Waals surface area contributed by atoms with Gasteiger partial charge in [-0.15, -0.1) is 0 Å². The van der Waals surface area contributed by atoms with Crippen LogP contribution in [0.5, 0.6) is 17.2 Å². The van der Waals surface area contributed by atoms with Gasteiger partial charge in [-0.25, -0.2) is 0 Å². The van der Waals surface area contributed by atoms with Gasteiger partial charge < -0.3 is 29.0 Å². The van der Waals surface area contributed by atoms with Crippen LogP contribution in [0, 0.1) is 0 Å². The number of carbonyl (C=O) groups excluding carboxylic acids is 1. The van der Waals surface area contributed by atoms with E-state index >= 15 is 0 Å². The molecule has 2 heterocycles. The lowest BCUT2D eigenvalue weighted by atomic mass is 9.95. The number of carbonyl (C=O) groups is 1. The van der Waals surface area contributed by atoms with Gasteiger partial charge in [-0.2, -0.15) is 5.10 Å². The van der Waals surface area contributed by atoms with Crippen LogP contribution in [0.1, 0.15) is 41.5 Å². The summed E-state index contributed by atoms with van der Waals surface area (Å²) in [7, 11) is 3.06. The molecule has 1 atom stereocenters. The zero-order valence-electron chi connectivity index (χ0n) is 19.7. The average Bonchev–Trinajstić information content (AvgIpc) is 3.39. The highest BCUT2D eigenvalue weighted by Gasteiger charge is 2.43. The molecule has 4 rings (SSSR count). The number of phenols is 1. The minimum Gasteiger partial charge on any atom is -0.504 e. The molecule has 2 aromatic carbocycles. The van der Waals surface area contributed by atoms with Crippen molar-refractivity contribution in [2.45, 2.75) is 26.2 Å². The maximum Gasteiger partial charge on any atom is 0.273 e. The van der Waals surface area contributed by atoms with E-state index in [1.165, 1.54) is 14.2 Å². The smallest absolute Gasteiger partial charge is 0.273 e. The summed E-state index contributed by atoms with van der Waals surface area (Å²) in [4.78, 5) is 15.1. The van der Waals surface area contributed by atoms with E-state index in [-0.39, 0.29) is 18.2 Å². The number of ether oxygens (including phenoxy) is 4. The highest BCUT2D eigenvalue weighted by Crippen LogP contribution is 2.44. The number of rotatable bonds is 10. The number of benzene rings is 2. The topological polar surface area (TPSA) is 106 Å². The second kappa shape index (κ2) is 10.1. The van der Waals surface area contributed by atoms with Gasteiger partial charge in [0.2, 0.25) is 0 Å². The lowest BCUT2D eigenvalue weighted by Crippen LogP contribution is -2.38. The summed E-state index contributed by atoms with van der Waals surface area (Å²) in [5.74, 6) is 0.930. The number of aromatic hydroxyl groups is 1. The number of methoxy groups -OCH3 is 2. The van der Waals surface area contributed by atoms with Crippen LogP contribution >= 0.6 is 0 Å². The van der Waals surface area contributed by atoms with Gasteiger partial charge in [-0.05, 0) is 55.8 Å². The minimum atomic E-state index is -0.610. The lowest BCUT2D eigenvalue weighted by molar-refractivity contribution is -0.113. The monoisotopic (exact) mass is 467 g/mol. The van der Waals surface area contributed by atoms with E-state index in [4.69, 9.17) is 18.9 Å². The second-order valence-electron chi connectivity index (χ2n) is 7.74. The van der Waals surface area contributed by atoms with Crippen molar-refractivity contribution in [3.8, 4) is 28.5 Å². The van der Waals surface area contributed by atoms with E-state index in [2.05, 4.69) is 10.2 Å². The third kappa shape index (κ3) is 4.32. The molecule has 0 radical (unpaired) electrons. The zero-order valence-corrected chi connectivity index (χ0v) is 19.7. The van der Waals surface area contributed by atoms with E-state index in [1.54, 1.807) is 23.1 Å². The lowest BCUT2D eigenvalue weighted by Gasteiger charge is -2.29. The van der Waals surface area contributed by atoms with Gasteiger partial charge in [-0.1, -0.05) is 6.07 Å². The number of fused-ring (bicyclic) bond motifs is 1. The van der Waals surface area contributed by atoms with E-state index in [9.17, 15) is 9.90 Å². The van der Waals surface area contributed by atoms with Crippen molar-refractivity contribution >= 4 is 5.91 Å². The van der Waals surface area contributed by atoms with Crippen LogP contribution in [0.25, 0.3) is 11.3 Å². The molecule has 180 valence electrons. The van der Waals surface area contributed by atoms with Gasteiger partial charge in [0, 0.05) is 25.3 Å². The van der Waals surface area contributed by atoms with Gasteiger partial charge >= 0.3 is 0 Å². The molecule has 0 spiro atoms. The summed E-state index contributed by atoms with van der Waals surface area (Å²) in [5.41, 5.74) is 3.43. The van der Waals surface area contributed by atoms with Crippen molar-refractivity contribution < 1.29 is 28.8 Å². The normalized spacial score (nSPS) is 15.1. The van der Waals surface area contributed by atoms with E-state index in [0.717, 1.165) is 22.4 Å². The summed E-state index contributed by atoms with van der Waals surface area (Å²) in [6.07, 6.45) is -0.610. The van der Waals surface area contributed by atoms with Crippen LogP contribution in [0.15, 0.2) is 42.5 Å². The summed E-state index contributed by atoms with van der Waals surface area (Å²) in [5, 5.41) is 17.6. The first-order valence-corrected chi connectivity index (χ1v) is 11.2. The van der Waals surface area contributed by atoms with Gasteiger partial charge in [0.25, 0.3) is 5.91 Å². The fourth-order valence-corrected chi connectivity index (χ4v) is 4.21. The highest BCUT2D eigenvalue weighted by molar-refractivity contribution is 6.00. The molecule has 0 saturated carbocycles. The molecule has 0 aliphatic carbocycles. The fraction of sp³-hybridized carbons (Fsp3) is 0.360. The summed E-state index contributed by atoms with van der Waals surface area (Å²) in [6, 6.07) is 12.2. The number of aromatic amines is 1. The van der Waals surface area contributed by atoms with Crippen molar-refractivity contribution in [1.29, 1.82) is 0 Å². The zero-order chi connectivity index (χ0) is 24.2. The number of nitrogens with one attached hydrogen (secondary N) is 1. The van der Waals surface area contributed by atoms with Gasteiger partial charge in [0.1, 0.15) is 11.4 Å². The SMILES string of the molecule is CCOc1ccc(-c2n[nH]c3c2C(c2ccc(O)c(OCC)c2)N(CC(OC)OC)C3=O)cc1. The number of hydrogen-bond donors (Lipinski definition) is 2. The van der Waals surface area contributed by atoms with Crippen LogP contribution in [0.3, 0.4) is 0 Å². The molecule has 0 fully saturated rings. The second-order valence-corrected chi connectivity index (χ2v) is 7.74. The Balaban J connectivity index is 1.82. The molecule has 9 heteroatoms. The molecule has 1 amide bonds. The van der Waals surface area contributed by atoms with Gasteiger partial charge in [0.05, 0.1) is 31.5 Å². The van der Waals surface area contributed by atoms with Crippen molar-refractivity contribution in [3.63, 3.8) is 0 Å². The Hall–Kier alpha value is -3.56. The molecule has 34 heavy (non-hydrogen) atoms. The number of aromatic nitrogens is 2. The van der Waals surface area contributed by atoms with Crippen molar-refractivity contribution in [3.05, 3.63) is 59.3 Å². The molecule has 1 unspecified atom stereocenters. The maximum absolute atomic E-state index is 13.5. The Bertz CT molecular complexity index is 1140. The summed E-state index contributed by atoms with van der Waals surface area (Å²) in [6.45, 7) is 4.95. The van der Waals surface area contributed by atoms with Crippen LogP contribution in [-0.4, -0.2) is 66.4 Å². The molecule has 1 aromatic heterocycles. The van der Waals surface area contributed by atoms with Gasteiger partial charge in [-0.3, -0.25) is 9.89 Å². The molecule has 2 N–H and O–H groups in total. The first-order chi connectivity index (χ1) is 16.5. The van der Waals surface area contributed by atoms with E-state index in [1.807, 2.05) is 38.1 Å². The van der Waals surface area contributed by atoms with E-state index < -0.39 is 12.3 Å². The molecule has 3 aromatic rings.